The van der Waals surface area contributed by atoms with E-state index in [2.05, 4.69) is 10.2 Å². The molecule has 0 radical (unpaired) electrons. The lowest BCUT2D eigenvalue weighted by Gasteiger charge is -2.19. The highest BCUT2D eigenvalue weighted by molar-refractivity contribution is 7.18. The number of methoxy groups -OCH3 is 1. The van der Waals surface area contributed by atoms with E-state index in [1.54, 1.807) is 12.0 Å². The van der Waals surface area contributed by atoms with Crippen molar-refractivity contribution in [3.8, 4) is 16.3 Å². The molecular weight excluding hydrogens is 374 g/mol. The van der Waals surface area contributed by atoms with Crippen LogP contribution in [0, 0.1) is 0 Å². The standard InChI is InChI=1S/C21H23N3O3S/c1-3-27-18-11-9-17(10-12-18)20-22-23-21(28-20)24(13-14-26-2)19(25)15-16-7-5-4-6-8-16/h4-12H,3,13-15H2,1-2H3. The average Bonchev–Trinajstić information content (AvgIpc) is 3.20. The zero-order valence-corrected chi connectivity index (χ0v) is 16.8. The van der Waals surface area contributed by atoms with Crippen molar-refractivity contribution in [1.29, 1.82) is 0 Å². The Labute approximate surface area is 168 Å². The average molecular weight is 398 g/mol. The topological polar surface area (TPSA) is 64.6 Å². The summed E-state index contributed by atoms with van der Waals surface area (Å²) >= 11 is 1.39. The monoisotopic (exact) mass is 397 g/mol. The number of nitrogens with zero attached hydrogens (tertiary/aromatic N) is 3. The van der Waals surface area contributed by atoms with Crippen molar-refractivity contribution in [1.82, 2.24) is 10.2 Å². The van der Waals surface area contributed by atoms with Crippen molar-refractivity contribution in [2.24, 2.45) is 0 Å². The van der Waals surface area contributed by atoms with E-state index in [0.717, 1.165) is 21.9 Å². The smallest absolute Gasteiger partial charge is 0.233 e. The molecule has 7 heteroatoms. The van der Waals surface area contributed by atoms with Gasteiger partial charge in [-0.05, 0) is 36.8 Å². The number of aromatic nitrogens is 2. The predicted octanol–water partition coefficient (Wildman–Crippen LogP) is 3.83. The molecule has 1 heterocycles. The van der Waals surface area contributed by atoms with Crippen molar-refractivity contribution in [2.75, 3.05) is 31.8 Å². The van der Waals surface area contributed by atoms with E-state index in [-0.39, 0.29) is 5.91 Å². The molecule has 1 aromatic heterocycles. The number of carbonyl (C=O) groups excluding carboxylic acids is 1. The molecule has 3 rings (SSSR count). The SMILES string of the molecule is CCOc1ccc(-c2nnc(N(CCOC)C(=O)Cc3ccccc3)s2)cc1. The zero-order valence-electron chi connectivity index (χ0n) is 16.0. The Hall–Kier alpha value is -2.77. The van der Waals surface area contributed by atoms with Gasteiger partial charge in [0.15, 0.2) is 0 Å². The molecule has 0 aliphatic rings. The lowest BCUT2D eigenvalue weighted by atomic mass is 10.1. The van der Waals surface area contributed by atoms with Crippen LogP contribution in [0.1, 0.15) is 12.5 Å². The second-order valence-corrected chi connectivity index (χ2v) is 7.00. The molecule has 0 unspecified atom stereocenters. The Kier molecular flexibility index (Phi) is 7.11. The van der Waals surface area contributed by atoms with Gasteiger partial charge in [0.2, 0.25) is 11.0 Å². The molecule has 3 aromatic rings. The third kappa shape index (κ3) is 5.15. The van der Waals surface area contributed by atoms with Crippen LogP contribution in [0.2, 0.25) is 0 Å². The lowest BCUT2D eigenvalue weighted by molar-refractivity contribution is -0.118. The maximum atomic E-state index is 12.9. The number of hydrogen-bond acceptors (Lipinski definition) is 6. The minimum atomic E-state index is -0.0300. The first kappa shape index (κ1) is 20.0. The Morgan fingerprint density at radius 2 is 1.82 bits per heavy atom. The number of ether oxygens (including phenoxy) is 2. The van der Waals surface area contributed by atoms with Crippen LogP contribution in [0.5, 0.6) is 5.75 Å². The van der Waals surface area contributed by atoms with Crippen molar-refractivity contribution in [2.45, 2.75) is 13.3 Å². The first-order valence-corrected chi connectivity index (χ1v) is 9.93. The van der Waals surface area contributed by atoms with Gasteiger partial charge >= 0.3 is 0 Å². The zero-order chi connectivity index (χ0) is 19.8. The summed E-state index contributed by atoms with van der Waals surface area (Å²) in [5.41, 5.74) is 1.90. The quantitative estimate of drug-likeness (QED) is 0.549. The van der Waals surface area contributed by atoms with E-state index in [9.17, 15) is 4.79 Å². The van der Waals surface area contributed by atoms with Crippen LogP contribution in [0.15, 0.2) is 54.6 Å². The molecule has 2 aromatic carbocycles. The normalized spacial score (nSPS) is 10.6. The Morgan fingerprint density at radius 1 is 1.07 bits per heavy atom. The van der Waals surface area contributed by atoms with Gasteiger partial charge < -0.3 is 9.47 Å². The Morgan fingerprint density at radius 3 is 2.50 bits per heavy atom. The van der Waals surface area contributed by atoms with Crippen LogP contribution in [0.3, 0.4) is 0 Å². The third-order valence-electron chi connectivity index (χ3n) is 4.08. The maximum Gasteiger partial charge on any atom is 0.233 e. The molecule has 0 aliphatic heterocycles. The minimum Gasteiger partial charge on any atom is -0.494 e. The largest absolute Gasteiger partial charge is 0.494 e. The van der Waals surface area contributed by atoms with Gasteiger partial charge in [0.25, 0.3) is 0 Å². The van der Waals surface area contributed by atoms with E-state index in [1.165, 1.54) is 11.3 Å². The molecule has 1 amide bonds. The highest BCUT2D eigenvalue weighted by Gasteiger charge is 2.20. The van der Waals surface area contributed by atoms with Gasteiger partial charge in [0.1, 0.15) is 10.8 Å². The molecule has 0 saturated carbocycles. The second-order valence-electron chi connectivity index (χ2n) is 6.05. The van der Waals surface area contributed by atoms with E-state index < -0.39 is 0 Å². The molecule has 0 bridgehead atoms. The van der Waals surface area contributed by atoms with E-state index in [1.807, 2.05) is 61.5 Å². The Balaban J connectivity index is 1.78. The third-order valence-corrected chi connectivity index (χ3v) is 5.07. The van der Waals surface area contributed by atoms with E-state index >= 15 is 0 Å². The van der Waals surface area contributed by atoms with Gasteiger partial charge in [-0.25, -0.2) is 0 Å². The molecule has 0 spiro atoms. The first-order valence-electron chi connectivity index (χ1n) is 9.11. The highest BCUT2D eigenvalue weighted by Crippen LogP contribution is 2.30. The van der Waals surface area contributed by atoms with Gasteiger partial charge in [-0.15, -0.1) is 10.2 Å². The van der Waals surface area contributed by atoms with Gasteiger partial charge in [0.05, 0.1) is 26.2 Å². The molecular formula is C21H23N3O3S. The van der Waals surface area contributed by atoms with Crippen LogP contribution in [0.25, 0.3) is 10.6 Å². The molecule has 0 aliphatic carbocycles. The van der Waals surface area contributed by atoms with E-state index in [0.29, 0.717) is 31.3 Å². The molecule has 0 atom stereocenters. The van der Waals surface area contributed by atoms with Crippen LogP contribution in [-0.4, -0.2) is 43.0 Å². The summed E-state index contributed by atoms with van der Waals surface area (Å²) in [5, 5.41) is 9.86. The fourth-order valence-electron chi connectivity index (χ4n) is 2.68. The molecule has 0 N–H and O–H groups in total. The first-order chi connectivity index (χ1) is 13.7. The maximum absolute atomic E-state index is 12.9. The number of benzene rings is 2. The van der Waals surface area contributed by atoms with Gasteiger partial charge in [-0.1, -0.05) is 41.7 Å². The van der Waals surface area contributed by atoms with Crippen molar-refractivity contribution in [3.05, 3.63) is 60.2 Å². The summed E-state index contributed by atoms with van der Waals surface area (Å²) in [5.74, 6) is 0.786. The number of anilines is 1. The molecule has 6 nitrogen and oxygen atoms in total. The Bertz CT molecular complexity index is 881. The van der Waals surface area contributed by atoms with Crippen LogP contribution in [-0.2, 0) is 16.0 Å². The fourth-order valence-corrected chi connectivity index (χ4v) is 3.57. The highest BCUT2D eigenvalue weighted by atomic mass is 32.1. The summed E-state index contributed by atoms with van der Waals surface area (Å²) in [6, 6.07) is 17.4. The molecule has 0 fully saturated rings. The van der Waals surface area contributed by atoms with Crippen LogP contribution < -0.4 is 9.64 Å². The predicted molar refractivity (Wildman–Crippen MR) is 111 cm³/mol. The molecule has 146 valence electrons. The van der Waals surface area contributed by atoms with Crippen molar-refractivity contribution < 1.29 is 14.3 Å². The van der Waals surface area contributed by atoms with Gasteiger partial charge in [-0.2, -0.15) is 0 Å². The summed E-state index contributed by atoms with van der Waals surface area (Å²) in [6.07, 6.45) is 0.308. The second kappa shape index (κ2) is 9.96. The molecule has 0 saturated heterocycles. The number of hydrogen-bond donors (Lipinski definition) is 0. The van der Waals surface area contributed by atoms with Gasteiger partial charge in [-0.3, -0.25) is 9.69 Å². The summed E-state index contributed by atoms with van der Waals surface area (Å²) < 4.78 is 10.6. The van der Waals surface area contributed by atoms with Crippen LogP contribution >= 0.6 is 11.3 Å². The number of amides is 1. The lowest BCUT2D eigenvalue weighted by Crippen LogP contribution is -2.35. The van der Waals surface area contributed by atoms with E-state index in [4.69, 9.17) is 9.47 Å². The van der Waals surface area contributed by atoms with Crippen molar-refractivity contribution >= 4 is 22.4 Å². The van der Waals surface area contributed by atoms with Crippen molar-refractivity contribution in [3.63, 3.8) is 0 Å². The van der Waals surface area contributed by atoms with Gasteiger partial charge in [0, 0.05) is 12.7 Å². The number of rotatable bonds is 9. The number of carbonyl (C=O) groups is 1. The molecule has 28 heavy (non-hydrogen) atoms. The minimum absolute atomic E-state index is 0.0300. The summed E-state index contributed by atoms with van der Waals surface area (Å²) in [7, 11) is 1.62. The van der Waals surface area contributed by atoms with Crippen LogP contribution in [0.4, 0.5) is 5.13 Å². The summed E-state index contributed by atoms with van der Waals surface area (Å²) in [6.45, 7) is 3.44. The fraction of sp³-hybridized carbons (Fsp3) is 0.286. The summed E-state index contributed by atoms with van der Waals surface area (Å²) in [4.78, 5) is 14.5.